The largest absolute Gasteiger partial charge is 0.506 e. The molecule has 1 heterocycles. The lowest BCUT2D eigenvalue weighted by molar-refractivity contribution is 0.0993. The van der Waals surface area contributed by atoms with Crippen LogP contribution in [0, 0.1) is 0 Å². The number of amides is 1. The minimum atomic E-state index is -0.514. The molecule has 0 saturated carbocycles. The van der Waals surface area contributed by atoms with Gasteiger partial charge in [0.1, 0.15) is 16.0 Å². The number of pyridine rings is 1. The molecule has 2 aromatic rings. The molecule has 8 heteroatoms. The van der Waals surface area contributed by atoms with Crippen LogP contribution in [0.5, 0.6) is 11.5 Å². The number of azo groups is 1. The summed E-state index contributed by atoms with van der Waals surface area (Å²) in [5, 5.41) is 26.8. The van der Waals surface area contributed by atoms with E-state index >= 15 is 0 Å². The Labute approximate surface area is 136 Å². The maximum Gasteiger partial charge on any atom is 0.296 e. The quantitative estimate of drug-likeness (QED) is 0.746. The Morgan fingerprint density at radius 2 is 2.05 bits per heavy atom. The van der Waals surface area contributed by atoms with Crippen molar-refractivity contribution in [2.45, 2.75) is 6.54 Å². The minimum absolute atomic E-state index is 0.00465. The molecule has 2 N–H and O–H groups in total. The van der Waals surface area contributed by atoms with Crippen LogP contribution < -0.4 is 0 Å². The van der Waals surface area contributed by atoms with Crippen LogP contribution in [0.2, 0.25) is 0 Å². The van der Waals surface area contributed by atoms with E-state index in [1.807, 2.05) is 0 Å². The Morgan fingerprint density at radius 3 is 2.71 bits per heavy atom. The average Bonchev–Trinajstić information content (AvgIpc) is 2.51. The molecular formula is C13H9Br2N3O3. The van der Waals surface area contributed by atoms with Gasteiger partial charge in [-0.2, -0.15) is 5.11 Å². The molecule has 1 aromatic carbocycles. The standard InChI is InChI=1S/C13H9Br2N3O3/c14-9-4-8(11(19)10(15)12(9)20)6-17-18-13(21)7-2-1-3-16-5-7/h1-5,19-20H,6H2. The first-order valence-electron chi connectivity index (χ1n) is 5.71. The number of nitrogens with zero attached hydrogens (tertiary/aromatic N) is 3. The molecule has 108 valence electrons. The number of rotatable bonds is 3. The van der Waals surface area contributed by atoms with E-state index < -0.39 is 5.91 Å². The third kappa shape index (κ3) is 3.64. The SMILES string of the molecule is O=C(N=NCc1cc(Br)c(O)c(Br)c1O)c1cccnc1. The normalized spacial score (nSPS) is 11.0. The van der Waals surface area contributed by atoms with E-state index in [4.69, 9.17) is 0 Å². The molecule has 21 heavy (non-hydrogen) atoms. The molecule has 0 spiro atoms. The van der Waals surface area contributed by atoms with Crippen LogP contribution in [-0.4, -0.2) is 21.1 Å². The number of carbonyl (C=O) groups is 1. The summed E-state index contributed by atoms with van der Waals surface area (Å²) < 4.78 is 0.552. The third-order valence-corrected chi connectivity index (χ3v) is 3.91. The Balaban J connectivity index is 2.14. The highest BCUT2D eigenvalue weighted by Gasteiger charge is 2.13. The van der Waals surface area contributed by atoms with E-state index in [1.54, 1.807) is 18.3 Å². The van der Waals surface area contributed by atoms with Crippen LogP contribution >= 0.6 is 31.9 Å². The summed E-state index contributed by atoms with van der Waals surface area (Å²) in [4.78, 5) is 15.5. The molecular weight excluding hydrogens is 406 g/mol. The average molecular weight is 415 g/mol. The van der Waals surface area contributed by atoms with Crippen molar-refractivity contribution < 1.29 is 15.0 Å². The summed E-state index contributed by atoms with van der Waals surface area (Å²) in [5.74, 6) is -0.775. The zero-order valence-electron chi connectivity index (χ0n) is 10.5. The highest BCUT2D eigenvalue weighted by atomic mass is 79.9. The monoisotopic (exact) mass is 413 g/mol. The van der Waals surface area contributed by atoms with Gasteiger partial charge in [0.2, 0.25) is 0 Å². The summed E-state index contributed by atoms with van der Waals surface area (Å²) >= 11 is 6.21. The number of aromatic nitrogens is 1. The van der Waals surface area contributed by atoms with Gasteiger partial charge >= 0.3 is 0 Å². The van der Waals surface area contributed by atoms with Gasteiger partial charge in [0.15, 0.2) is 0 Å². The van der Waals surface area contributed by atoms with Gasteiger partial charge in [0, 0.05) is 18.0 Å². The van der Waals surface area contributed by atoms with Crippen molar-refractivity contribution in [3.8, 4) is 11.5 Å². The molecule has 1 aromatic heterocycles. The van der Waals surface area contributed by atoms with E-state index in [-0.39, 0.29) is 22.5 Å². The first kappa shape index (κ1) is 15.6. The van der Waals surface area contributed by atoms with Crippen molar-refractivity contribution in [1.82, 2.24) is 4.98 Å². The Bertz CT molecular complexity index is 706. The van der Waals surface area contributed by atoms with Crippen molar-refractivity contribution >= 4 is 37.8 Å². The lowest BCUT2D eigenvalue weighted by Crippen LogP contribution is -1.94. The second kappa shape index (κ2) is 6.77. The van der Waals surface area contributed by atoms with Gasteiger partial charge in [-0.1, -0.05) is 0 Å². The molecule has 2 rings (SSSR count). The molecule has 0 unspecified atom stereocenters. The summed E-state index contributed by atoms with van der Waals surface area (Å²) in [6.45, 7) is -0.00465. The number of aromatic hydroxyl groups is 2. The lowest BCUT2D eigenvalue weighted by atomic mass is 10.2. The Morgan fingerprint density at radius 1 is 1.29 bits per heavy atom. The van der Waals surface area contributed by atoms with E-state index in [0.29, 0.717) is 15.6 Å². The van der Waals surface area contributed by atoms with Gasteiger partial charge in [0.25, 0.3) is 5.91 Å². The Kier molecular flexibility index (Phi) is 5.03. The van der Waals surface area contributed by atoms with E-state index in [1.165, 1.54) is 12.3 Å². The number of phenolic OH excluding ortho intramolecular Hbond substituents is 2. The van der Waals surface area contributed by atoms with Crippen molar-refractivity contribution in [3.63, 3.8) is 0 Å². The lowest BCUT2D eigenvalue weighted by Gasteiger charge is -2.07. The first-order valence-corrected chi connectivity index (χ1v) is 7.30. The van der Waals surface area contributed by atoms with Crippen LogP contribution in [-0.2, 0) is 6.54 Å². The second-order valence-electron chi connectivity index (χ2n) is 3.98. The van der Waals surface area contributed by atoms with E-state index in [9.17, 15) is 15.0 Å². The predicted octanol–water partition coefficient (Wildman–Crippen LogP) is 3.81. The molecule has 0 radical (unpaired) electrons. The first-order chi connectivity index (χ1) is 10.0. The van der Waals surface area contributed by atoms with Gasteiger partial charge in [-0.25, -0.2) is 0 Å². The van der Waals surface area contributed by atoms with Crippen LogP contribution in [0.15, 0.2) is 49.8 Å². The van der Waals surface area contributed by atoms with Crippen LogP contribution in [0.25, 0.3) is 0 Å². The zero-order chi connectivity index (χ0) is 15.4. The smallest absolute Gasteiger partial charge is 0.296 e. The molecule has 1 amide bonds. The number of carbonyl (C=O) groups excluding carboxylic acids is 1. The molecule has 6 nitrogen and oxygen atoms in total. The number of hydrogen-bond acceptors (Lipinski definition) is 5. The molecule has 0 aliphatic carbocycles. The molecule has 0 aliphatic rings. The van der Waals surface area contributed by atoms with E-state index in [2.05, 4.69) is 47.1 Å². The second-order valence-corrected chi connectivity index (χ2v) is 5.62. The van der Waals surface area contributed by atoms with Gasteiger partial charge < -0.3 is 10.2 Å². The topological polar surface area (TPSA) is 95.1 Å². The number of benzene rings is 1. The Hall–Kier alpha value is -1.80. The fraction of sp³-hybridized carbons (Fsp3) is 0.0769. The summed E-state index contributed by atoms with van der Waals surface area (Å²) in [6, 6.07) is 4.71. The summed E-state index contributed by atoms with van der Waals surface area (Å²) in [6.07, 6.45) is 2.95. The van der Waals surface area contributed by atoms with Crippen LogP contribution in [0.4, 0.5) is 0 Å². The summed E-state index contributed by atoms with van der Waals surface area (Å²) in [5.41, 5.74) is 0.743. The number of phenols is 2. The van der Waals surface area contributed by atoms with Crippen molar-refractivity contribution in [2.75, 3.05) is 0 Å². The van der Waals surface area contributed by atoms with Crippen molar-refractivity contribution in [1.29, 1.82) is 0 Å². The maximum atomic E-state index is 11.7. The fourth-order valence-electron chi connectivity index (χ4n) is 1.49. The summed E-state index contributed by atoms with van der Waals surface area (Å²) in [7, 11) is 0. The van der Waals surface area contributed by atoms with Gasteiger partial charge in [0.05, 0.1) is 16.6 Å². The van der Waals surface area contributed by atoms with E-state index in [0.717, 1.165) is 0 Å². The van der Waals surface area contributed by atoms with Gasteiger partial charge in [-0.05, 0) is 50.1 Å². The number of hydrogen-bond donors (Lipinski definition) is 2. The van der Waals surface area contributed by atoms with Crippen molar-refractivity contribution in [2.24, 2.45) is 10.2 Å². The minimum Gasteiger partial charge on any atom is -0.506 e. The highest BCUT2D eigenvalue weighted by molar-refractivity contribution is 9.11. The maximum absolute atomic E-state index is 11.7. The van der Waals surface area contributed by atoms with Crippen LogP contribution in [0.3, 0.4) is 0 Å². The van der Waals surface area contributed by atoms with Gasteiger partial charge in [-0.3, -0.25) is 9.78 Å². The molecule has 0 fully saturated rings. The molecule has 0 aliphatic heterocycles. The zero-order valence-corrected chi connectivity index (χ0v) is 13.7. The molecule has 0 saturated heterocycles. The fourth-order valence-corrected chi connectivity index (χ4v) is 2.70. The highest BCUT2D eigenvalue weighted by Crippen LogP contribution is 2.41. The predicted molar refractivity (Wildman–Crippen MR) is 82.3 cm³/mol. The van der Waals surface area contributed by atoms with Crippen molar-refractivity contribution in [3.05, 3.63) is 50.7 Å². The van der Waals surface area contributed by atoms with Crippen LogP contribution in [0.1, 0.15) is 15.9 Å². The molecule has 0 atom stereocenters. The number of halogens is 2. The third-order valence-electron chi connectivity index (χ3n) is 2.56. The van der Waals surface area contributed by atoms with Gasteiger partial charge in [-0.15, -0.1) is 5.11 Å². The molecule has 0 bridgehead atoms.